The SMILES string of the molecule is CCn1nc(NC(=O)[C@H]2CNC[C@@H]2c2cnn(C)c2)cc1C1CC1.Cl. The molecule has 3 heterocycles. The number of aryl methyl sites for hydroxylation is 2. The van der Waals surface area contributed by atoms with E-state index in [0.717, 1.165) is 18.7 Å². The summed E-state index contributed by atoms with van der Waals surface area (Å²) in [6, 6.07) is 2.04. The molecule has 0 bridgehead atoms. The molecule has 8 heteroatoms. The molecule has 7 nitrogen and oxygen atoms in total. The minimum atomic E-state index is -0.0923. The first kappa shape index (κ1) is 17.9. The molecule has 1 saturated heterocycles. The molecule has 0 unspecified atom stereocenters. The van der Waals surface area contributed by atoms with Gasteiger partial charge in [-0.2, -0.15) is 10.2 Å². The lowest BCUT2D eigenvalue weighted by Crippen LogP contribution is -2.28. The van der Waals surface area contributed by atoms with E-state index in [9.17, 15) is 4.79 Å². The molecule has 0 aromatic carbocycles. The summed E-state index contributed by atoms with van der Waals surface area (Å²) in [5, 5.41) is 15.1. The minimum Gasteiger partial charge on any atom is -0.315 e. The van der Waals surface area contributed by atoms with Crippen molar-refractivity contribution in [3.05, 3.63) is 29.7 Å². The number of carbonyl (C=O) groups excluding carboxylic acids is 1. The van der Waals surface area contributed by atoms with E-state index in [1.165, 1.54) is 18.5 Å². The van der Waals surface area contributed by atoms with Crippen LogP contribution in [0.1, 0.15) is 42.9 Å². The number of amides is 1. The Morgan fingerprint density at radius 2 is 2.20 bits per heavy atom. The van der Waals surface area contributed by atoms with Crippen molar-refractivity contribution in [2.75, 3.05) is 18.4 Å². The largest absolute Gasteiger partial charge is 0.315 e. The maximum absolute atomic E-state index is 12.8. The zero-order valence-electron chi connectivity index (χ0n) is 14.6. The number of nitrogens with one attached hydrogen (secondary N) is 2. The maximum atomic E-state index is 12.8. The van der Waals surface area contributed by atoms with Crippen molar-refractivity contribution in [1.29, 1.82) is 0 Å². The van der Waals surface area contributed by atoms with E-state index in [1.54, 1.807) is 4.68 Å². The molecule has 0 radical (unpaired) electrons. The van der Waals surface area contributed by atoms with Crippen molar-refractivity contribution in [1.82, 2.24) is 24.9 Å². The van der Waals surface area contributed by atoms with Crippen LogP contribution in [0.5, 0.6) is 0 Å². The lowest BCUT2D eigenvalue weighted by atomic mass is 9.90. The van der Waals surface area contributed by atoms with Crippen LogP contribution >= 0.6 is 12.4 Å². The molecule has 1 aliphatic carbocycles. The molecular weight excluding hydrogens is 340 g/mol. The van der Waals surface area contributed by atoms with Gasteiger partial charge in [-0.15, -0.1) is 12.4 Å². The Bertz CT molecular complexity index is 750. The molecule has 136 valence electrons. The molecule has 25 heavy (non-hydrogen) atoms. The van der Waals surface area contributed by atoms with Crippen molar-refractivity contribution in [2.24, 2.45) is 13.0 Å². The van der Waals surface area contributed by atoms with Gasteiger partial charge < -0.3 is 10.6 Å². The van der Waals surface area contributed by atoms with Gasteiger partial charge in [0.2, 0.25) is 5.91 Å². The van der Waals surface area contributed by atoms with Crippen LogP contribution in [0.2, 0.25) is 0 Å². The fourth-order valence-corrected chi connectivity index (χ4v) is 3.61. The van der Waals surface area contributed by atoms with Gasteiger partial charge >= 0.3 is 0 Å². The second-order valence-electron chi connectivity index (χ2n) is 6.85. The highest BCUT2D eigenvalue weighted by molar-refractivity contribution is 5.92. The molecule has 4 rings (SSSR count). The highest BCUT2D eigenvalue weighted by Gasteiger charge is 2.35. The van der Waals surface area contributed by atoms with Gasteiger partial charge in [0.25, 0.3) is 0 Å². The van der Waals surface area contributed by atoms with Crippen molar-refractivity contribution in [3.8, 4) is 0 Å². The lowest BCUT2D eigenvalue weighted by molar-refractivity contribution is -0.119. The minimum absolute atomic E-state index is 0. The van der Waals surface area contributed by atoms with Crippen molar-refractivity contribution in [3.63, 3.8) is 0 Å². The number of aromatic nitrogens is 4. The summed E-state index contributed by atoms with van der Waals surface area (Å²) in [6.45, 7) is 4.42. The van der Waals surface area contributed by atoms with Gasteiger partial charge in [-0.05, 0) is 25.3 Å². The predicted octanol–water partition coefficient (Wildman–Crippen LogP) is 1.88. The Kier molecular flexibility index (Phi) is 5.15. The number of nitrogens with zero attached hydrogens (tertiary/aromatic N) is 4. The van der Waals surface area contributed by atoms with Crippen molar-refractivity contribution >= 4 is 24.1 Å². The molecule has 1 saturated carbocycles. The van der Waals surface area contributed by atoms with E-state index in [1.807, 2.05) is 30.2 Å². The number of carbonyl (C=O) groups is 1. The van der Waals surface area contributed by atoms with Crippen LogP contribution in [-0.2, 0) is 18.4 Å². The zero-order valence-corrected chi connectivity index (χ0v) is 15.4. The number of halogens is 1. The fourth-order valence-electron chi connectivity index (χ4n) is 3.61. The molecule has 2 aromatic heterocycles. The Morgan fingerprint density at radius 3 is 2.84 bits per heavy atom. The van der Waals surface area contributed by atoms with Gasteiger partial charge in [-0.3, -0.25) is 14.2 Å². The Morgan fingerprint density at radius 1 is 1.40 bits per heavy atom. The van der Waals surface area contributed by atoms with Gasteiger partial charge in [0.05, 0.1) is 12.1 Å². The van der Waals surface area contributed by atoms with Crippen LogP contribution in [0.15, 0.2) is 18.5 Å². The van der Waals surface area contributed by atoms with E-state index in [0.29, 0.717) is 18.3 Å². The highest BCUT2D eigenvalue weighted by Crippen LogP contribution is 2.41. The first-order valence-electron chi connectivity index (χ1n) is 8.73. The van der Waals surface area contributed by atoms with E-state index in [4.69, 9.17) is 0 Å². The summed E-state index contributed by atoms with van der Waals surface area (Å²) in [7, 11) is 1.90. The number of hydrogen-bond donors (Lipinski definition) is 2. The summed E-state index contributed by atoms with van der Waals surface area (Å²) >= 11 is 0. The monoisotopic (exact) mass is 364 g/mol. The van der Waals surface area contributed by atoms with Crippen LogP contribution < -0.4 is 10.6 Å². The molecule has 2 atom stereocenters. The third-order valence-corrected chi connectivity index (χ3v) is 5.06. The number of rotatable bonds is 5. The topological polar surface area (TPSA) is 76.8 Å². The average Bonchev–Trinajstić information content (AvgIpc) is 2.99. The third-order valence-electron chi connectivity index (χ3n) is 5.06. The van der Waals surface area contributed by atoms with Crippen molar-refractivity contribution in [2.45, 2.75) is 38.1 Å². The first-order chi connectivity index (χ1) is 11.7. The summed E-state index contributed by atoms with van der Waals surface area (Å²) in [5.74, 6) is 1.41. The molecule has 1 aliphatic heterocycles. The standard InChI is InChI=1S/C17H24N6O.ClH/c1-3-23-15(11-4-5-11)6-16(21-23)20-17(24)14-9-18-8-13(14)12-7-19-22(2)10-12;/h6-7,10-11,13-14,18H,3-5,8-9H2,1-2H3,(H,20,21,24);1H/t13-,14+;/m1./s1. The maximum Gasteiger partial charge on any atom is 0.230 e. The normalized spacial score (nSPS) is 22.6. The lowest BCUT2D eigenvalue weighted by Gasteiger charge is -2.16. The van der Waals surface area contributed by atoms with Gasteiger partial charge in [0.1, 0.15) is 0 Å². The molecular formula is C17H25ClN6O. The Balaban J connectivity index is 0.00000182. The van der Waals surface area contributed by atoms with Gasteiger partial charge in [0.15, 0.2) is 5.82 Å². The molecule has 2 aromatic rings. The molecule has 2 N–H and O–H groups in total. The van der Waals surface area contributed by atoms with Crippen LogP contribution in [0, 0.1) is 5.92 Å². The van der Waals surface area contributed by atoms with Crippen LogP contribution in [-0.4, -0.2) is 38.6 Å². The summed E-state index contributed by atoms with van der Waals surface area (Å²) < 4.78 is 3.80. The highest BCUT2D eigenvalue weighted by atomic mass is 35.5. The van der Waals surface area contributed by atoms with E-state index < -0.39 is 0 Å². The quantitative estimate of drug-likeness (QED) is 0.849. The first-order valence-corrected chi connectivity index (χ1v) is 8.73. The second kappa shape index (κ2) is 7.17. The Labute approximate surface area is 153 Å². The summed E-state index contributed by atoms with van der Waals surface area (Å²) in [4.78, 5) is 12.8. The fraction of sp³-hybridized carbons (Fsp3) is 0.588. The number of anilines is 1. The smallest absolute Gasteiger partial charge is 0.230 e. The second-order valence-corrected chi connectivity index (χ2v) is 6.85. The van der Waals surface area contributed by atoms with E-state index >= 15 is 0 Å². The molecule has 0 spiro atoms. The van der Waals surface area contributed by atoms with Gasteiger partial charge in [-0.1, -0.05) is 0 Å². The van der Waals surface area contributed by atoms with Crippen LogP contribution in [0.3, 0.4) is 0 Å². The molecule has 1 amide bonds. The van der Waals surface area contributed by atoms with Gasteiger partial charge in [-0.25, -0.2) is 0 Å². The van der Waals surface area contributed by atoms with Crippen LogP contribution in [0.25, 0.3) is 0 Å². The zero-order chi connectivity index (χ0) is 16.7. The Hall–Kier alpha value is -1.86. The van der Waals surface area contributed by atoms with E-state index in [-0.39, 0.29) is 30.2 Å². The van der Waals surface area contributed by atoms with Crippen molar-refractivity contribution < 1.29 is 4.79 Å². The third kappa shape index (κ3) is 3.57. The number of hydrogen-bond acceptors (Lipinski definition) is 4. The molecule has 2 fully saturated rings. The predicted molar refractivity (Wildman–Crippen MR) is 98.1 cm³/mol. The summed E-state index contributed by atoms with van der Waals surface area (Å²) in [6.07, 6.45) is 6.31. The molecule has 2 aliphatic rings. The summed E-state index contributed by atoms with van der Waals surface area (Å²) in [5.41, 5.74) is 2.36. The van der Waals surface area contributed by atoms with Crippen LogP contribution in [0.4, 0.5) is 5.82 Å². The van der Waals surface area contributed by atoms with E-state index in [2.05, 4.69) is 27.8 Å². The average molecular weight is 365 g/mol. The van der Waals surface area contributed by atoms with Gasteiger partial charge in [0, 0.05) is 56.5 Å².